The molecule has 0 spiro atoms. The quantitative estimate of drug-likeness (QED) is 0.688. The van der Waals surface area contributed by atoms with Gasteiger partial charge in [0, 0.05) is 13.1 Å². The van der Waals surface area contributed by atoms with Crippen molar-refractivity contribution in [3.05, 3.63) is 29.8 Å². The lowest BCUT2D eigenvalue weighted by molar-refractivity contribution is 0.0731. The van der Waals surface area contributed by atoms with E-state index in [0.29, 0.717) is 31.0 Å². The number of carbonyl (C=O) groups is 1. The van der Waals surface area contributed by atoms with Gasteiger partial charge < -0.3 is 4.90 Å². The third kappa shape index (κ3) is 5.06. The van der Waals surface area contributed by atoms with Crippen LogP contribution in [-0.4, -0.2) is 38.1 Å². The Bertz CT molecular complexity index is 606. The molecule has 0 radical (unpaired) electrons. The molecule has 0 bridgehead atoms. The van der Waals surface area contributed by atoms with Crippen molar-refractivity contribution in [2.75, 3.05) is 18.8 Å². The molecule has 0 fully saturated rings. The molecule has 1 rings (SSSR count). The van der Waals surface area contributed by atoms with Crippen LogP contribution in [-0.2, 0) is 9.84 Å². The number of nitrogens with zero attached hydrogens (tertiary/aromatic N) is 1. The number of carbonyl (C=O) groups excluding carboxylic acids is 1. The minimum atomic E-state index is -3.41. The lowest BCUT2D eigenvalue weighted by atomic mass is 10.0. The van der Waals surface area contributed by atoms with Gasteiger partial charge in [-0.1, -0.05) is 45.7 Å². The second kappa shape index (κ2) is 9.06. The number of amides is 1. The van der Waals surface area contributed by atoms with Crippen LogP contribution in [0.1, 0.15) is 57.3 Å². The van der Waals surface area contributed by atoms with E-state index in [1.165, 1.54) is 0 Å². The Labute approximate surface area is 140 Å². The average Bonchev–Trinajstić information content (AvgIpc) is 2.55. The summed E-state index contributed by atoms with van der Waals surface area (Å²) >= 11 is 0. The van der Waals surface area contributed by atoms with E-state index in [2.05, 4.69) is 13.8 Å². The molecule has 0 unspecified atom stereocenters. The molecule has 0 atom stereocenters. The summed E-state index contributed by atoms with van der Waals surface area (Å²) in [5.41, 5.74) is 0.300. The number of rotatable bonds is 9. The lowest BCUT2D eigenvalue weighted by Gasteiger charge is -2.26. The van der Waals surface area contributed by atoms with Crippen LogP contribution in [0.3, 0.4) is 0 Å². The zero-order chi connectivity index (χ0) is 17.5. The maximum Gasteiger partial charge on any atom is 0.255 e. The number of benzene rings is 1. The molecule has 5 heteroatoms. The first kappa shape index (κ1) is 19.7. The SMILES string of the molecule is CCCS(=O)(=O)c1ccccc1C(=O)N(CC)CC(CC)CC. The Hall–Kier alpha value is -1.36. The molecule has 4 nitrogen and oxygen atoms in total. The predicted octanol–water partition coefficient (Wildman–Crippen LogP) is 3.77. The van der Waals surface area contributed by atoms with Crippen LogP contribution in [0.15, 0.2) is 29.2 Å². The zero-order valence-electron chi connectivity index (χ0n) is 14.7. The highest BCUT2D eigenvalue weighted by molar-refractivity contribution is 7.91. The van der Waals surface area contributed by atoms with Gasteiger partial charge in [0.25, 0.3) is 5.91 Å². The molecule has 130 valence electrons. The number of hydrogen-bond acceptors (Lipinski definition) is 3. The summed E-state index contributed by atoms with van der Waals surface area (Å²) < 4.78 is 24.9. The second-order valence-corrected chi connectivity index (χ2v) is 7.92. The summed E-state index contributed by atoms with van der Waals surface area (Å²) in [4.78, 5) is 14.8. The van der Waals surface area contributed by atoms with Gasteiger partial charge in [-0.05, 0) is 31.4 Å². The van der Waals surface area contributed by atoms with Crippen LogP contribution in [0.4, 0.5) is 0 Å². The van der Waals surface area contributed by atoms with Crippen LogP contribution < -0.4 is 0 Å². The molecular weight excluding hydrogens is 310 g/mol. The van der Waals surface area contributed by atoms with Crippen LogP contribution in [0.25, 0.3) is 0 Å². The standard InChI is InChI=1S/C18H29NO3S/c1-5-13-23(21,22)17-12-10-9-11-16(17)18(20)19(8-4)14-15(6-2)7-3/h9-12,15H,5-8,13-14H2,1-4H3. The largest absolute Gasteiger partial charge is 0.339 e. The molecule has 1 aromatic carbocycles. The number of sulfone groups is 1. The molecule has 0 aromatic heterocycles. The van der Waals surface area contributed by atoms with Gasteiger partial charge in [0.2, 0.25) is 0 Å². The van der Waals surface area contributed by atoms with Crippen molar-refractivity contribution in [3.63, 3.8) is 0 Å². The van der Waals surface area contributed by atoms with Gasteiger partial charge in [0.05, 0.1) is 16.2 Å². The second-order valence-electron chi connectivity index (χ2n) is 5.84. The maximum absolute atomic E-state index is 12.9. The average molecular weight is 340 g/mol. The molecule has 0 aliphatic carbocycles. The molecule has 0 N–H and O–H groups in total. The Morgan fingerprint density at radius 2 is 1.70 bits per heavy atom. The van der Waals surface area contributed by atoms with Crippen molar-refractivity contribution in [3.8, 4) is 0 Å². The molecule has 0 saturated carbocycles. The van der Waals surface area contributed by atoms with Crippen LogP contribution in [0, 0.1) is 5.92 Å². The third-order valence-corrected chi connectivity index (χ3v) is 6.20. The van der Waals surface area contributed by atoms with Gasteiger partial charge in [0.1, 0.15) is 0 Å². The summed E-state index contributed by atoms with van der Waals surface area (Å²) in [6.45, 7) is 9.25. The molecule has 1 amide bonds. The fourth-order valence-electron chi connectivity index (χ4n) is 2.68. The van der Waals surface area contributed by atoms with Gasteiger partial charge in [-0.3, -0.25) is 4.79 Å². The molecule has 0 saturated heterocycles. The van der Waals surface area contributed by atoms with Gasteiger partial charge in [-0.15, -0.1) is 0 Å². The first-order valence-electron chi connectivity index (χ1n) is 8.52. The van der Waals surface area contributed by atoms with Gasteiger partial charge in [-0.2, -0.15) is 0 Å². The smallest absolute Gasteiger partial charge is 0.255 e. The highest BCUT2D eigenvalue weighted by Crippen LogP contribution is 2.21. The van der Waals surface area contributed by atoms with Crippen LogP contribution >= 0.6 is 0 Å². The Morgan fingerprint density at radius 3 is 2.22 bits per heavy atom. The highest BCUT2D eigenvalue weighted by Gasteiger charge is 2.25. The fourth-order valence-corrected chi connectivity index (χ4v) is 4.21. The normalized spacial score (nSPS) is 11.7. The minimum absolute atomic E-state index is 0.0654. The summed E-state index contributed by atoms with van der Waals surface area (Å²) in [5, 5.41) is 0. The zero-order valence-corrected chi connectivity index (χ0v) is 15.5. The summed E-state index contributed by atoms with van der Waals surface area (Å²) in [5.74, 6) is 0.323. The van der Waals surface area contributed by atoms with E-state index in [1.807, 2.05) is 13.8 Å². The van der Waals surface area contributed by atoms with Gasteiger partial charge >= 0.3 is 0 Å². The highest BCUT2D eigenvalue weighted by atomic mass is 32.2. The summed E-state index contributed by atoms with van der Waals surface area (Å²) in [6, 6.07) is 6.57. The minimum Gasteiger partial charge on any atom is -0.339 e. The first-order valence-corrected chi connectivity index (χ1v) is 10.2. The molecular formula is C18H29NO3S. The van der Waals surface area contributed by atoms with E-state index in [9.17, 15) is 13.2 Å². The van der Waals surface area contributed by atoms with Crippen molar-refractivity contribution in [2.24, 2.45) is 5.92 Å². The first-order chi connectivity index (χ1) is 10.9. The lowest BCUT2D eigenvalue weighted by Crippen LogP contribution is -2.36. The van der Waals surface area contributed by atoms with Crippen LogP contribution in [0.2, 0.25) is 0 Å². The maximum atomic E-state index is 12.9. The Kier molecular flexibility index (Phi) is 7.76. The molecule has 23 heavy (non-hydrogen) atoms. The van der Waals surface area contributed by atoms with Crippen molar-refractivity contribution in [1.29, 1.82) is 0 Å². The molecule has 0 heterocycles. The van der Waals surface area contributed by atoms with Gasteiger partial charge in [-0.25, -0.2) is 8.42 Å². The molecule has 0 aliphatic heterocycles. The van der Waals surface area contributed by atoms with E-state index in [0.717, 1.165) is 12.8 Å². The monoisotopic (exact) mass is 339 g/mol. The van der Waals surface area contributed by atoms with E-state index in [-0.39, 0.29) is 16.6 Å². The van der Waals surface area contributed by atoms with E-state index in [4.69, 9.17) is 0 Å². The van der Waals surface area contributed by atoms with Gasteiger partial charge in [0.15, 0.2) is 9.84 Å². The Balaban J connectivity index is 3.17. The summed E-state index contributed by atoms with van der Waals surface area (Å²) in [6.07, 6.45) is 2.56. The molecule has 1 aromatic rings. The van der Waals surface area contributed by atoms with Crippen LogP contribution in [0.5, 0.6) is 0 Å². The van der Waals surface area contributed by atoms with E-state index >= 15 is 0 Å². The van der Waals surface area contributed by atoms with Crippen molar-refractivity contribution in [1.82, 2.24) is 4.90 Å². The van der Waals surface area contributed by atoms with Crippen molar-refractivity contribution in [2.45, 2.75) is 51.9 Å². The van der Waals surface area contributed by atoms with Crippen molar-refractivity contribution < 1.29 is 13.2 Å². The van der Waals surface area contributed by atoms with Crippen molar-refractivity contribution >= 4 is 15.7 Å². The number of hydrogen-bond donors (Lipinski definition) is 0. The fraction of sp³-hybridized carbons (Fsp3) is 0.611. The van der Waals surface area contributed by atoms with E-state index < -0.39 is 9.84 Å². The third-order valence-electron chi connectivity index (χ3n) is 4.23. The molecule has 0 aliphatic rings. The van der Waals surface area contributed by atoms with E-state index in [1.54, 1.807) is 29.2 Å². The Morgan fingerprint density at radius 1 is 1.09 bits per heavy atom. The topological polar surface area (TPSA) is 54.5 Å². The predicted molar refractivity (Wildman–Crippen MR) is 94.4 cm³/mol. The summed E-state index contributed by atoms with van der Waals surface area (Å²) in [7, 11) is -3.41.